The minimum atomic E-state index is 0. The molecule has 3 N–H and O–H groups in total. The average molecular weight is 384 g/mol. The molecule has 1 aliphatic heterocycles. The Hall–Kier alpha value is -0.570. The molecule has 0 radical (unpaired) electrons. The number of aliphatic hydroxyl groups is 1. The minimum Gasteiger partial charge on any atom is -0.394 e. The van der Waals surface area contributed by atoms with Crippen LogP contribution in [0.1, 0.15) is 26.7 Å². The molecule has 1 atom stereocenters. The van der Waals surface area contributed by atoms with E-state index in [-0.39, 0.29) is 42.5 Å². The molecule has 1 rings (SSSR count). The van der Waals surface area contributed by atoms with Gasteiger partial charge in [-0.15, -0.1) is 24.0 Å². The number of guanidine groups is 1. The highest BCUT2D eigenvalue weighted by Gasteiger charge is 2.25. The molecule has 1 unspecified atom stereocenters. The number of amides is 1. The molecule has 0 aromatic heterocycles. The Balaban J connectivity index is 0.00000324. The SMILES string of the molecule is CCNC(=NCCO)NC1CCN(C(=O)CC)C1.I. The first-order chi connectivity index (χ1) is 8.71. The molecule has 1 fully saturated rings. The number of halogens is 1. The normalized spacial score (nSPS) is 19.0. The van der Waals surface area contributed by atoms with Crippen LogP contribution in [0.2, 0.25) is 0 Å². The Morgan fingerprint density at radius 2 is 2.21 bits per heavy atom. The molecule has 112 valence electrons. The molecular formula is C12H25IN4O2. The second kappa shape index (κ2) is 10.2. The second-order valence-electron chi connectivity index (χ2n) is 4.31. The molecule has 0 aliphatic carbocycles. The number of carbonyl (C=O) groups is 1. The van der Waals surface area contributed by atoms with Crippen LogP contribution < -0.4 is 10.6 Å². The fraction of sp³-hybridized carbons (Fsp3) is 0.833. The number of hydrogen-bond acceptors (Lipinski definition) is 3. The summed E-state index contributed by atoms with van der Waals surface area (Å²) in [5, 5.41) is 15.2. The molecular weight excluding hydrogens is 359 g/mol. The fourth-order valence-corrected chi connectivity index (χ4v) is 2.00. The largest absolute Gasteiger partial charge is 0.394 e. The van der Waals surface area contributed by atoms with Crippen LogP contribution in [-0.2, 0) is 4.79 Å². The van der Waals surface area contributed by atoms with Gasteiger partial charge < -0.3 is 20.6 Å². The zero-order valence-corrected chi connectivity index (χ0v) is 14.0. The van der Waals surface area contributed by atoms with Crippen LogP contribution in [0.15, 0.2) is 4.99 Å². The summed E-state index contributed by atoms with van der Waals surface area (Å²) in [6.07, 6.45) is 1.50. The van der Waals surface area contributed by atoms with E-state index in [4.69, 9.17) is 5.11 Å². The van der Waals surface area contributed by atoms with Crippen molar-refractivity contribution in [3.8, 4) is 0 Å². The third kappa shape index (κ3) is 6.42. The van der Waals surface area contributed by atoms with Gasteiger partial charge in [-0.05, 0) is 13.3 Å². The quantitative estimate of drug-likeness (QED) is 0.359. The molecule has 0 bridgehead atoms. The molecule has 1 saturated heterocycles. The number of nitrogens with one attached hydrogen (secondary N) is 2. The number of rotatable bonds is 5. The molecule has 0 aromatic rings. The first-order valence-electron chi connectivity index (χ1n) is 6.64. The van der Waals surface area contributed by atoms with Gasteiger partial charge in [0.15, 0.2) is 5.96 Å². The summed E-state index contributed by atoms with van der Waals surface area (Å²) in [4.78, 5) is 17.7. The van der Waals surface area contributed by atoms with Gasteiger partial charge >= 0.3 is 0 Å². The van der Waals surface area contributed by atoms with Crippen LogP contribution in [0.5, 0.6) is 0 Å². The maximum atomic E-state index is 11.6. The predicted octanol–water partition coefficient (Wildman–Crippen LogP) is 0.163. The lowest BCUT2D eigenvalue weighted by molar-refractivity contribution is -0.129. The van der Waals surface area contributed by atoms with Crippen molar-refractivity contribution in [3.63, 3.8) is 0 Å². The van der Waals surface area contributed by atoms with Crippen molar-refractivity contribution in [1.82, 2.24) is 15.5 Å². The first kappa shape index (κ1) is 18.4. The van der Waals surface area contributed by atoms with Crippen molar-refractivity contribution in [2.24, 2.45) is 4.99 Å². The number of likely N-dealkylation sites (tertiary alicyclic amines) is 1. The lowest BCUT2D eigenvalue weighted by Crippen LogP contribution is -2.45. The van der Waals surface area contributed by atoms with Crippen LogP contribution in [-0.4, -0.2) is 60.7 Å². The monoisotopic (exact) mass is 384 g/mol. The molecule has 0 aromatic carbocycles. The van der Waals surface area contributed by atoms with Crippen molar-refractivity contribution in [2.75, 3.05) is 32.8 Å². The van der Waals surface area contributed by atoms with Crippen molar-refractivity contribution in [1.29, 1.82) is 0 Å². The Bertz CT molecular complexity index is 299. The van der Waals surface area contributed by atoms with Gasteiger partial charge in [0.2, 0.25) is 5.91 Å². The highest BCUT2D eigenvalue weighted by Crippen LogP contribution is 2.10. The summed E-state index contributed by atoms with van der Waals surface area (Å²) in [7, 11) is 0. The average Bonchev–Trinajstić information content (AvgIpc) is 2.83. The third-order valence-electron chi connectivity index (χ3n) is 2.90. The van der Waals surface area contributed by atoms with Gasteiger partial charge in [0, 0.05) is 32.1 Å². The second-order valence-corrected chi connectivity index (χ2v) is 4.31. The minimum absolute atomic E-state index is 0. The van der Waals surface area contributed by atoms with Gasteiger partial charge in [0.25, 0.3) is 0 Å². The van der Waals surface area contributed by atoms with Gasteiger partial charge in [0.1, 0.15) is 0 Å². The molecule has 6 nitrogen and oxygen atoms in total. The number of carbonyl (C=O) groups excluding carboxylic acids is 1. The zero-order valence-electron chi connectivity index (χ0n) is 11.7. The van der Waals surface area contributed by atoms with Crippen LogP contribution >= 0.6 is 24.0 Å². The van der Waals surface area contributed by atoms with E-state index in [0.717, 1.165) is 26.1 Å². The van der Waals surface area contributed by atoms with E-state index in [0.29, 0.717) is 18.9 Å². The summed E-state index contributed by atoms with van der Waals surface area (Å²) in [6.45, 7) is 6.64. The van der Waals surface area contributed by atoms with Crippen LogP contribution in [0.3, 0.4) is 0 Å². The topological polar surface area (TPSA) is 77.0 Å². The molecule has 0 spiro atoms. The number of aliphatic hydroxyl groups excluding tert-OH is 1. The Kier molecular flexibility index (Phi) is 9.94. The standard InChI is InChI=1S/C12H24N4O2.HI/c1-3-11(18)16-7-5-10(9-16)15-12(13-4-2)14-6-8-17;/h10,17H,3-9H2,1-2H3,(H2,13,14,15);1H. The summed E-state index contributed by atoms with van der Waals surface area (Å²) < 4.78 is 0. The van der Waals surface area contributed by atoms with E-state index in [1.165, 1.54) is 0 Å². The highest BCUT2D eigenvalue weighted by molar-refractivity contribution is 14.0. The fourth-order valence-electron chi connectivity index (χ4n) is 2.00. The molecule has 19 heavy (non-hydrogen) atoms. The van der Waals surface area contributed by atoms with Crippen molar-refractivity contribution in [3.05, 3.63) is 0 Å². The van der Waals surface area contributed by atoms with Crippen LogP contribution in [0.25, 0.3) is 0 Å². The van der Waals surface area contributed by atoms with E-state index in [2.05, 4.69) is 15.6 Å². The number of aliphatic imine (C=N–C) groups is 1. The molecule has 1 amide bonds. The summed E-state index contributed by atoms with van der Waals surface area (Å²) >= 11 is 0. The van der Waals surface area contributed by atoms with Gasteiger partial charge in [-0.3, -0.25) is 9.79 Å². The number of hydrogen-bond donors (Lipinski definition) is 3. The van der Waals surface area contributed by atoms with Gasteiger partial charge in [-0.1, -0.05) is 6.92 Å². The van der Waals surface area contributed by atoms with E-state index in [1.807, 2.05) is 18.7 Å². The maximum absolute atomic E-state index is 11.6. The van der Waals surface area contributed by atoms with E-state index >= 15 is 0 Å². The van der Waals surface area contributed by atoms with Gasteiger partial charge in [-0.25, -0.2) is 0 Å². The van der Waals surface area contributed by atoms with Crippen LogP contribution in [0, 0.1) is 0 Å². The van der Waals surface area contributed by atoms with E-state index < -0.39 is 0 Å². The Morgan fingerprint density at radius 3 is 2.79 bits per heavy atom. The first-order valence-corrected chi connectivity index (χ1v) is 6.64. The molecule has 1 heterocycles. The lowest BCUT2D eigenvalue weighted by Gasteiger charge is -2.18. The van der Waals surface area contributed by atoms with Crippen molar-refractivity contribution in [2.45, 2.75) is 32.7 Å². The lowest BCUT2D eigenvalue weighted by atomic mass is 10.3. The third-order valence-corrected chi connectivity index (χ3v) is 2.90. The maximum Gasteiger partial charge on any atom is 0.222 e. The summed E-state index contributed by atoms with van der Waals surface area (Å²) in [5.41, 5.74) is 0. The molecule has 7 heteroatoms. The smallest absolute Gasteiger partial charge is 0.222 e. The highest BCUT2D eigenvalue weighted by atomic mass is 127. The summed E-state index contributed by atoms with van der Waals surface area (Å²) in [5.74, 6) is 0.916. The van der Waals surface area contributed by atoms with Crippen molar-refractivity contribution < 1.29 is 9.90 Å². The van der Waals surface area contributed by atoms with E-state index in [9.17, 15) is 4.79 Å². The van der Waals surface area contributed by atoms with Crippen molar-refractivity contribution >= 4 is 35.8 Å². The van der Waals surface area contributed by atoms with E-state index in [1.54, 1.807) is 0 Å². The van der Waals surface area contributed by atoms with Gasteiger partial charge in [0.05, 0.1) is 13.2 Å². The van der Waals surface area contributed by atoms with Crippen LogP contribution in [0.4, 0.5) is 0 Å². The van der Waals surface area contributed by atoms with Gasteiger partial charge in [-0.2, -0.15) is 0 Å². The molecule has 0 saturated carbocycles. The molecule has 1 aliphatic rings. The zero-order chi connectivity index (χ0) is 13.4. The summed E-state index contributed by atoms with van der Waals surface area (Å²) in [6, 6.07) is 0.247. The number of nitrogens with zero attached hydrogens (tertiary/aromatic N) is 2. The Labute approximate surface area is 132 Å². The predicted molar refractivity (Wildman–Crippen MR) is 86.9 cm³/mol. The Morgan fingerprint density at radius 1 is 1.47 bits per heavy atom.